The van der Waals surface area contributed by atoms with Crippen LogP contribution in [0.4, 0.5) is 4.39 Å². The summed E-state index contributed by atoms with van der Waals surface area (Å²) in [6.45, 7) is 1.87. The van der Waals surface area contributed by atoms with Crippen LogP contribution in [-0.4, -0.2) is 49.4 Å². The van der Waals surface area contributed by atoms with E-state index in [0.717, 1.165) is 11.6 Å². The molecular formula is C23H24FNO5. The van der Waals surface area contributed by atoms with Gasteiger partial charge in [0.2, 0.25) is 5.91 Å². The van der Waals surface area contributed by atoms with Crippen LogP contribution in [0.5, 0.6) is 5.75 Å². The molecule has 0 saturated carbocycles. The summed E-state index contributed by atoms with van der Waals surface area (Å²) in [6.07, 6.45) is 0.807. The van der Waals surface area contributed by atoms with Crippen LogP contribution in [-0.2, 0) is 19.7 Å². The molecule has 1 saturated heterocycles. The Morgan fingerprint density at radius 3 is 2.30 bits per heavy atom. The van der Waals surface area contributed by atoms with Crippen LogP contribution in [0.15, 0.2) is 48.5 Å². The molecule has 1 amide bonds. The van der Waals surface area contributed by atoms with Crippen LogP contribution in [0.1, 0.15) is 35.7 Å². The van der Waals surface area contributed by atoms with Crippen molar-refractivity contribution >= 4 is 17.7 Å². The van der Waals surface area contributed by atoms with Gasteiger partial charge < -0.3 is 14.4 Å². The summed E-state index contributed by atoms with van der Waals surface area (Å²) in [4.78, 5) is 38.9. The van der Waals surface area contributed by atoms with Gasteiger partial charge in [-0.15, -0.1) is 0 Å². The van der Waals surface area contributed by atoms with Gasteiger partial charge in [0.15, 0.2) is 24.0 Å². The summed E-state index contributed by atoms with van der Waals surface area (Å²) in [6, 6.07) is 13.1. The summed E-state index contributed by atoms with van der Waals surface area (Å²) < 4.78 is 24.1. The number of benzene rings is 2. The number of rotatable bonds is 6. The average Bonchev–Trinajstić information content (AvgIpc) is 2.77. The molecule has 0 atom stereocenters. The van der Waals surface area contributed by atoms with Crippen molar-refractivity contribution in [3.8, 4) is 5.75 Å². The Balaban J connectivity index is 1.75. The quantitative estimate of drug-likeness (QED) is 0.537. The van der Waals surface area contributed by atoms with E-state index in [9.17, 15) is 18.8 Å². The summed E-state index contributed by atoms with van der Waals surface area (Å²) in [5, 5.41) is 0. The highest BCUT2D eigenvalue weighted by Gasteiger charge is 2.44. The van der Waals surface area contributed by atoms with E-state index in [1.807, 2.05) is 30.3 Å². The molecule has 0 bridgehead atoms. The maximum atomic E-state index is 13.9. The second-order valence-electron chi connectivity index (χ2n) is 7.30. The van der Waals surface area contributed by atoms with Crippen molar-refractivity contribution in [3.05, 3.63) is 65.5 Å². The van der Waals surface area contributed by atoms with Crippen molar-refractivity contribution in [1.82, 2.24) is 4.90 Å². The molecule has 1 aliphatic heterocycles. The number of esters is 1. The number of halogens is 1. The van der Waals surface area contributed by atoms with Crippen LogP contribution in [0.25, 0.3) is 0 Å². The number of carbonyl (C=O) groups is 3. The molecular weight excluding hydrogens is 389 g/mol. The van der Waals surface area contributed by atoms with Gasteiger partial charge in [-0.25, -0.2) is 4.39 Å². The molecule has 0 spiro atoms. The van der Waals surface area contributed by atoms with E-state index in [4.69, 9.17) is 9.47 Å². The smallest absolute Gasteiger partial charge is 0.317 e. The fourth-order valence-corrected chi connectivity index (χ4v) is 3.76. The Labute approximate surface area is 174 Å². The number of hydrogen-bond acceptors (Lipinski definition) is 5. The first kappa shape index (κ1) is 21.5. The first-order valence-corrected chi connectivity index (χ1v) is 9.72. The average molecular weight is 413 g/mol. The third-order valence-corrected chi connectivity index (χ3v) is 5.59. The minimum atomic E-state index is -0.932. The van der Waals surface area contributed by atoms with E-state index in [2.05, 4.69) is 0 Å². The highest BCUT2D eigenvalue weighted by molar-refractivity contribution is 5.98. The fraction of sp³-hybridized carbons (Fsp3) is 0.348. The highest BCUT2D eigenvalue weighted by atomic mass is 19.1. The van der Waals surface area contributed by atoms with Crippen molar-refractivity contribution in [1.29, 1.82) is 0 Å². The van der Waals surface area contributed by atoms with E-state index in [1.165, 1.54) is 26.2 Å². The molecule has 6 nitrogen and oxygen atoms in total. The molecule has 2 aromatic carbocycles. The third kappa shape index (κ3) is 4.35. The number of likely N-dealkylation sites (tertiary alicyclic amines) is 1. The largest absolute Gasteiger partial charge is 0.494 e. The first-order valence-electron chi connectivity index (χ1n) is 9.72. The number of hydrogen-bond donors (Lipinski definition) is 0. The third-order valence-electron chi connectivity index (χ3n) is 5.59. The second kappa shape index (κ2) is 9.07. The number of Topliss-reactive ketones (excluding diaryl/α,β-unsaturated/α-hetero) is 1. The van der Waals surface area contributed by atoms with Gasteiger partial charge in [0.1, 0.15) is 0 Å². The summed E-state index contributed by atoms with van der Waals surface area (Å²) >= 11 is 0. The molecule has 7 heteroatoms. The zero-order chi connectivity index (χ0) is 21.7. The van der Waals surface area contributed by atoms with Crippen molar-refractivity contribution < 1.29 is 28.2 Å². The van der Waals surface area contributed by atoms with Gasteiger partial charge in [-0.2, -0.15) is 0 Å². The summed E-state index contributed by atoms with van der Waals surface area (Å²) in [5.74, 6) is -1.69. The van der Waals surface area contributed by atoms with Crippen LogP contribution < -0.4 is 4.74 Å². The Kier molecular flexibility index (Phi) is 6.50. The van der Waals surface area contributed by atoms with Gasteiger partial charge in [0.25, 0.3) is 0 Å². The van der Waals surface area contributed by atoms with E-state index in [0.29, 0.717) is 25.9 Å². The van der Waals surface area contributed by atoms with Gasteiger partial charge in [-0.05, 0) is 36.6 Å². The minimum Gasteiger partial charge on any atom is -0.494 e. The predicted octanol–water partition coefficient (Wildman–Crippen LogP) is 3.14. The van der Waals surface area contributed by atoms with E-state index < -0.39 is 29.6 Å². The topological polar surface area (TPSA) is 72.9 Å². The molecule has 1 aliphatic rings. The SMILES string of the molecule is COc1ccc(C(=O)COC(=O)C2(c3ccccc3)CCN(C(C)=O)CC2)cc1F. The zero-order valence-electron chi connectivity index (χ0n) is 17.0. The molecule has 1 heterocycles. The molecule has 0 aliphatic carbocycles. The number of amides is 1. The molecule has 0 radical (unpaired) electrons. The molecule has 0 unspecified atom stereocenters. The van der Waals surface area contributed by atoms with E-state index in [-0.39, 0.29) is 17.2 Å². The standard InChI is InChI=1S/C23H24FNO5/c1-16(26)25-12-10-23(11-13-25,18-6-4-3-5-7-18)22(28)30-15-20(27)17-8-9-21(29-2)19(24)14-17/h3-9,14H,10-13,15H2,1-2H3. The lowest BCUT2D eigenvalue weighted by molar-refractivity contribution is -0.153. The Hall–Kier alpha value is -3.22. The highest BCUT2D eigenvalue weighted by Crippen LogP contribution is 2.37. The number of nitrogens with zero attached hydrogens (tertiary/aromatic N) is 1. The lowest BCUT2D eigenvalue weighted by atomic mass is 9.72. The fourth-order valence-electron chi connectivity index (χ4n) is 3.76. The number of ether oxygens (including phenoxy) is 2. The van der Waals surface area contributed by atoms with Crippen LogP contribution in [0.2, 0.25) is 0 Å². The van der Waals surface area contributed by atoms with Crippen molar-refractivity contribution in [2.75, 3.05) is 26.8 Å². The lowest BCUT2D eigenvalue weighted by Crippen LogP contribution is -2.49. The maximum Gasteiger partial charge on any atom is 0.317 e. The molecule has 2 aromatic rings. The zero-order valence-corrected chi connectivity index (χ0v) is 17.0. The van der Waals surface area contributed by atoms with Gasteiger partial charge in [-0.1, -0.05) is 30.3 Å². The van der Waals surface area contributed by atoms with Gasteiger partial charge in [0.05, 0.1) is 12.5 Å². The number of methoxy groups -OCH3 is 1. The van der Waals surface area contributed by atoms with Gasteiger partial charge in [0, 0.05) is 25.6 Å². The van der Waals surface area contributed by atoms with Crippen molar-refractivity contribution in [2.45, 2.75) is 25.2 Å². The van der Waals surface area contributed by atoms with Crippen LogP contribution in [0.3, 0.4) is 0 Å². The number of ketones is 1. The first-order chi connectivity index (χ1) is 14.4. The normalized spacial score (nSPS) is 15.4. The molecule has 1 fully saturated rings. The lowest BCUT2D eigenvalue weighted by Gasteiger charge is -2.40. The van der Waals surface area contributed by atoms with Crippen molar-refractivity contribution in [2.24, 2.45) is 0 Å². The Morgan fingerprint density at radius 1 is 1.07 bits per heavy atom. The van der Waals surface area contributed by atoms with Crippen LogP contribution >= 0.6 is 0 Å². The summed E-state index contributed by atoms with van der Waals surface area (Å²) in [7, 11) is 1.34. The van der Waals surface area contributed by atoms with Gasteiger partial charge in [-0.3, -0.25) is 14.4 Å². The monoisotopic (exact) mass is 413 g/mol. The Morgan fingerprint density at radius 2 is 1.73 bits per heavy atom. The van der Waals surface area contributed by atoms with Gasteiger partial charge >= 0.3 is 5.97 Å². The predicted molar refractivity (Wildman–Crippen MR) is 108 cm³/mol. The van der Waals surface area contributed by atoms with Crippen LogP contribution in [0, 0.1) is 5.82 Å². The Bertz CT molecular complexity index is 936. The summed E-state index contributed by atoms with van der Waals surface area (Å²) in [5.41, 5.74) is -0.0408. The van der Waals surface area contributed by atoms with E-state index >= 15 is 0 Å². The van der Waals surface area contributed by atoms with Crippen molar-refractivity contribution in [3.63, 3.8) is 0 Å². The molecule has 30 heavy (non-hydrogen) atoms. The number of carbonyl (C=O) groups excluding carboxylic acids is 3. The molecule has 3 rings (SSSR count). The second-order valence-corrected chi connectivity index (χ2v) is 7.30. The molecule has 0 aromatic heterocycles. The molecule has 158 valence electrons. The minimum absolute atomic E-state index is 0.0313. The maximum absolute atomic E-state index is 13.9. The van der Waals surface area contributed by atoms with E-state index in [1.54, 1.807) is 4.90 Å². The molecule has 0 N–H and O–H groups in total. The number of piperidine rings is 1.